The summed E-state index contributed by atoms with van der Waals surface area (Å²) >= 11 is 0. The Kier molecular flexibility index (Phi) is 11.9. The van der Waals surface area contributed by atoms with Crippen LogP contribution >= 0.6 is 0 Å². The summed E-state index contributed by atoms with van der Waals surface area (Å²) in [5.41, 5.74) is 0. The van der Waals surface area contributed by atoms with Crippen molar-refractivity contribution in [2.24, 2.45) is 0 Å². The fourth-order valence-corrected chi connectivity index (χ4v) is 1.68. The van der Waals surface area contributed by atoms with Gasteiger partial charge in [-0.1, -0.05) is 39.0 Å². The molecule has 0 fully saturated rings. The third-order valence-corrected chi connectivity index (χ3v) is 2.67. The topological polar surface area (TPSA) is 15.3 Å². The largest absolute Gasteiger partial charge is 0.317 e. The highest BCUT2D eigenvalue weighted by Crippen LogP contribution is 2.03. The van der Waals surface area contributed by atoms with Crippen molar-refractivity contribution < 1.29 is 0 Å². The zero-order valence-corrected chi connectivity index (χ0v) is 11.0. The summed E-state index contributed by atoms with van der Waals surface area (Å²) in [5, 5.41) is 3.50. The maximum Gasteiger partial charge on any atom is -0.00127 e. The molecule has 0 amide bonds. The van der Waals surface area contributed by atoms with E-state index in [9.17, 15) is 0 Å². The Balaban J connectivity index is 2.87. The minimum Gasteiger partial charge on any atom is -0.317 e. The highest BCUT2D eigenvalue weighted by atomic mass is 15.0. The summed E-state index contributed by atoms with van der Waals surface area (Å²) in [6.07, 6.45) is 9.64. The van der Waals surface area contributed by atoms with Crippen LogP contribution in [0.3, 0.4) is 0 Å². The van der Waals surface area contributed by atoms with Crippen LogP contribution in [-0.2, 0) is 0 Å². The molecule has 0 aliphatic carbocycles. The highest BCUT2D eigenvalue weighted by molar-refractivity contribution is 4.51. The molecule has 0 spiro atoms. The molecule has 0 aliphatic rings. The van der Waals surface area contributed by atoms with E-state index in [1.54, 1.807) is 0 Å². The number of unbranched alkanes of at least 4 members (excludes halogenated alkanes) is 5. The van der Waals surface area contributed by atoms with Crippen LogP contribution in [0.4, 0.5) is 0 Å². The average molecular weight is 214 g/mol. The fourth-order valence-electron chi connectivity index (χ4n) is 1.68. The van der Waals surface area contributed by atoms with Gasteiger partial charge in [-0.3, -0.25) is 0 Å². The van der Waals surface area contributed by atoms with Crippen molar-refractivity contribution in [1.29, 1.82) is 0 Å². The molecule has 0 aromatic heterocycles. The molecule has 0 heterocycles. The Morgan fingerprint density at radius 1 is 0.800 bits per heavy atom. The van der Waals surface area contributed by atoms with E-state index in [4.69, 9.17) is 0 Å². The lowest BCUT2D eigenvalue weighted by Gasteiger charge is -2.09. The van der Waals surface area contributed by atoms with E-state index >= 15 is 0 Å². The molecule has 0 rings (SSSR count). The van der Waals surface area contributed by atoms with Gasteiger partial charge < -0.3 is 10.2 Å². The predicted octanol–water partition coefficient (Wildman–Crippen LogP) is 2.89. The molecule has 1 N–H and O–H groups in total. The van der Waals surface area contributed by atoms with Crippen LogP contribution in [0, 0.1) is 0 Å². The molecule has 15 heavy (non-hydrogen) atoms. The summed E-state index contributed by atoms with van der Waals surface area (Å²) in [5.74, 6) is 0. The Morgan fingerprint density at radius 2 is 1.40 bits per heavy atom. The maximum atomic E-state index is 3.50. The van der Waals surface area contributed by atoms with Gasteiger partial charge in [0.15, 0.2) is 0 Å². The third-order valence-electron chi connectivity index (χ3n) is 2.67. The van der Waals surface area contributed by atoms with E-state index in [1.807, 2.05) is 0 Å². The third kappa shape index (κ3) is 13.9. The molecule has 0 radical (unpaired) electrons. The second-order valence-electron chi connectivity index (χ2n) is 4.67. The van der Waals surface area contributed by atoms with Crippen LogP contribution in [0.15, 0.2) is 0 Å². The first-order valence-corrected chi connectivity index (χ1v) is 6.62. The lowest BCUT2D eigenvalue weighted by molar-refractivity contribution is 0.394. The van der Waals surface area contributed by atoms with Crippen LogP contribution < -0.4 is 5.32 Å². The summed E-state index contributed by atoms with van der Waals surface area (Å²) in [6.45, 7) is 5.85. The summed E-state index contributed by atoms with van der Waals surface area (Å²) in [6, 6.07) is 0. The van der Waals surface area contributed by atoms with Gasteiger partial charge in [0.05, 0.1) is 0 Å². The van der Waals surface area contributed by atoms with Crippen molar-refractivity contribution >= 4 is 0 Å². The second kappa shape index (κ2) is 12.0. The first-order chi connectivity index (χ1) is 7.27. The molecule has 92 valence electrons. The fraction of sp³-hybridized carbons (Fsp3) is 1.00. The number of rotatable bonds is 11. The zero-order chi connectivity index (χ0) is 11.4. The van der Waals surface area contributed by atoms with E-state index in [0.717, 1.165) is 0 Å². The van der Waals surface area contributed by atoms with E-state index in [0.29, 0.717) is 0 Å². The number of nitrogens with one attached hydrogen (secondary N) is 1. The second-order valence-corrected chi connectivity index (χ2v) is 4.67. The van der Waals surface area contributed by atoms with Crippen molar-refractivity contribution in [3.8, 4) is 0 Å². The monoisotopic (exact) mass is 214 g/mol. The summed E-state index contributed by atoms with van der Waals surface area (Å²) in [7, 11) is 4.27. The Hall–Kier alpha value is -0.0800. The predicted molar refractivity (Wildman–Crippen MR) is 69.4 cm³/mol. The Bertz CT molecular complexity index is 113. The molecule has 0 aromatic rings. The molecule has 2 nitrogen and oxygen atoms in total. The first kappa shape index (κ1) is 14.9. The van der Waals surface area contributed by atoms with Gasteiger partial charge in [-0.05, 0) is 46.6 Å². The zero-order valence-electron chi connectivity index (χ0n) is 11.0. The Labute approximate surface area is 96.4 Å². The number of nitrogens with zero attached hydrogens (tertiary/aromatic N) is 1. The first-order valence-electron chi connectivity index (χ1n) is 6.62. The lowest BCUT2D eigenvalue weighted by atomic mass is 10.1. The van der Waals surface area contributed by atoms with Gasteiger partial charge in [0.2, 0.25) is 0 Å². The van der Waals surface area contributed by atoms with Crippen molar-refractivity contribution in [3.05, 3.63) is 0 Å². The van der Waals surface area contributed by atoms with E-state index in [1.165, 1.54) is 64.6 Å². The maximum absolute atomic E-state index is 3.50. The SMILES string of the molecule is CCCCCCCCNCCCN(C)C. The van der Waals surface area contributed by atoms with Crippen molar-refractivity contribution in [2.45, 2.75) is 51.9 Å². The smallest absolute Gasteiger partial charge is 0.00127 e. The number of hydrogen-bond donors (Lipinski definition) is 1. The molecule has 2 heteroatoms. The molecule has 0 aliphatic heterocycles. The molecular weight excluding hydrogens is 184 g/mol. The van der Waals surface area contributed by atoms with Crippen LogP contribution in [0.1, 0.15) is 51.9 Å². The normalized spacial score (nSPS) is 11.2. The highest BCUT2D eigenvalue weighted by Gasteiger charge is 1.92. The Morgan fingerprint density at radius 3 is 2.07 bits per heavy atom. The average Bonchev–Trinajstić information content (AvgIpc) is 2.20. The quantitative estimate of drug-likeness (QED) is 0.532. The van der Waals surface area contributed by atoms with E-state index in [-0.39, 0.29) is 0 Å². The summed E-state index contributed by atoms with van der Waals surface area (Å²) in [4.78, 5) is 2.24. The summed E-state index contributed by atoms with van der Waals surface area (Å²) < 4.78 is 0. The van der Waals surface area contributed by atoms with Gasteiger partial charge in [0.1, 0.15) is 0 Å². The van der Waals surface area contributed by atoms with E-state index in [2.05, 4.69) is 31.2 Å². The molecule has 0 unspecified atom stereocenters. The van der Waals surface area contributed by atoms with Crippen molar-refractivity contribution in [3.63, 3.8) is 0 Å². The van der Waals surface area contributed by atoms with E-state index < -0.39 is 0 Å². The molecule has 0 saturated heterocycles. The molecule has 0 bridgehead atoms. The molecule has 0 aromatic carbocycles. The van der Waals surface area contributed by atoms with Crippen molar-refractivity contribution in [1.82, 2.24) is 10.2 Å². The van der Waals surface area contributed by atoms with Crippen molar-refractivity contribution in [2.75, 3.05) is 33.7 Å². The van der Waals surface area contributed by atoms with Gasteiger partial charge in [0, 0.05) is 0 Å². The van der Waals surface area contributed by atoms with Crippen LogP contribution in [0.2, 0.25) is 0 Å². The molecule has 0 atom stereocenters. The number of hydrogen-bond acceptors (Lipinski definition) is 2. The standard InChI is InChI=1S/C13H30N2/c1-4-5-6-7-8-9-11-14-12-10-13-15(2)3/h14H,4-13H2,1-3H3. The van der Waals surface area contributed by atoms with Gasteiger partial charge in [-0.15, -0.1) is 0 Å². The van der Waals surface area contributed by atoms with Gasteiger partial charge in [-0.2, -0.15) is 0 Å². The van der Waals surface area contributed by atoms with Gasteiger partial charge in [0.25, 0.3) is 0 Å². The van der Waals surface area contributed by atoms with Crippen LogP contribution in [0.25, 0.3) is 0 Å². The van der Waals surface area contributed by atoms with Crippen LogP contribution in [-0.4, -0.2) is 38.6 Å². The van der Waals surface area contributed by atoms with Gasteiger partial charge >= 0.3 is 0 Å². The molecule has 0 saturated carbocycles. The lowest BCUT2D eigenvalue weighted by Crippen LogP contribution is -2.22. The minimum absolute atomic E-state index is 1.17. The van der Waals surface area contributed by atoms with Crippen LogP contribution in [0.5, 0.6) is 0 Å². The molecular formula is C13H30N2. The van der Waals surface area contributed by atoms with Gasteiger partial charge in [-0.25, -0.2) is 0 Å². The minimum atomic E-state index is 1.17.